The molecular weight excluding hydrogens is 509 g/mol. The number of hydrogen-bond donors (Lipinski definition) is 3. The van der Waals surface area contributed by atoms with E-state index in [1.165, 1.54) is 23.1 Å². The summed E-state index contributed by atoms with van der Waals surface area (Å²) in [6.45, 7) is 7.05. The van der Waals surface area contributed by atoms with Crippen LogP contribution in [-0.4, -0.2) is 36.3 Å². The topological polar surface area (TPSA) is 130 Å². The van der Waals surface area contributed by atoms with E-state index in [9.17, 15) is 27.5 Å². The third-order valence-electron chi connectivity index (χ3n) is 6.14. The molecule has 0 fully saturated rings. The van der Waals surface area contributed by atoms with Crippen LogP contribution in [-0.2, 0) is 21.2 Å². The normalized spacial score (nSPS) is 19.4. The van der Waals surface area contributed by atoms with Crippen LogP contribution in [0.25, 0.3) is 0 Å². The first-order chi connectivity index (χ1) is 16.7. The number of nitrogens with two attached hydrogens (primary N) is 1. The molecule has 2 heterocycles. The van der Waals surface area contributed by atoms with Gasteiger partial charge in [-0.15, -0.1) is 0 Å². The molecule has 4 rings (SSSR count). The molecule has 36 heavy (non-hydrogen) atoms. The molecule has 8 nitrogen and oxygen atoms in total. The summed E-state index contributed by atoms with van der Waals surface area (Å²) in [6.07, 6.45) is 0. The second-order valence-electron chi connectivity index (χ2n) is 9.80. The maximum Gasteiger partial charge on any atom is 0.260 e. The van der Waals surface area contributed by atoms with E-state index in [-0.39, 0.29) is 39.7 Å². The van der Waals surface area contributed by atoms with Gasteiger partial charge >= 0.3 is 0 Å². The van der Waals surface area contributed by atoms with Gasteiger partial charge in [-0.3, -0.25) is 9.59 Å². The highest BCUT2D eigenvalue weighted by molar-refractivity contribution is 7.97. The van der Waals surface area contributed by atoms with Crippen LogP contribution >= 0.6 is 11.6 Å². The van der Waals surface area contributed by atoms with Gasteiger partial charge in [0, 0.05) is 6.54 Å². The first kappa shape index (κ1) is 25.7. The van der Waals surface area contributed by atoms with E-state index in [4.69, 9.17) is 17.3 Å². The van der Waals surface area contributed by atoms with E-state index >= 15 is 0 Å². The van der Waals surface area contributed by atoms with Gasteiger partial charge in [-0.05, 0) is 47.7 Å². The average molecular weight is 533 g/mol. The second kappa shape index (κ2) is 8.63. The largest absolute Gasteiger partial charge is 0.509 e. The summed E-state index contributed by atoms with van der Waals surface area (Å²) in [5, 5.41) is 14.1. The number of amides is 2. The number of halogens is 2. The number of carbonyl (C=O) groups excluding carboxylic acids is 2. The number of benzene rings is 2. The fourth-order valence-corrected chi connectivity index (χ4v) is 6.17. The Balaban J connectivity index is 1.87. The quantitative estimate of drug-likeness (QED) is 0.547. The summed E-state index contributed by atoms with van der Waals surface area (Å²) in [5.41, 5.74) is 4.73. The van der Waals surface area contributed by atoms with Crippen LogP contribution in [0.3, 0.4) is 0 Å². The van der Waals surface area contributed by atoms with E-state index < -0.39 is 43.3 Å². The molecule has 11 heteroatoms. The van der Waals surface area contributed by atoms with Gasteiger partial charge in [0.1, 0.15) is 17.1 Å². The zero-order chi connectivity index (χ0) is 26.7. The van der Waals surface area contributed by atoms with Gasteiger partial charge in [0.05, 0.1) is 27.9 Å². The number of carbonyl (C=O) groups is 2. The highest BCUT2D eigenvalue weighted by Crippen LogP contribution is 2.45. The number of fused-ring (bicyclic) bond motifs is 1. The van der Waals surface area contributed by atoms with E-state index in [0.717, 1.165) is 6.07 Å². The minimum absolute atomic E-state index is 0.0190. The summed E-state index contributed by atoms with van der Waals surface area (Å²) in [6, 6.07) is 8.47. The first-order valence-electron chi connectivity index (χ1n) is 10.9. The molecular formula is C25H24ClFN3O5S. The van der Waals surface area contributed by atoms with Crippen LogP contribution < -0.4 is 11.1 Å². The molecule has 0 unspecified atom stereocenters. The van der Waals surface area contributed by atoms with Crippen molar-refractivity contribution >= 4 is 38.9 Å². The number of aliphatic hydroxyl groups excluding tert-OH is 1. The number of rotatable bonds is 4. The van der Waals surface area contributed by atoms with Gasteiger partial charge in [-0.2, -0.15) is 0 Å². The van der Waals surface area contributed by atoms with Crippen molar-refractivity contribution in [2.75, 3.05) is 5.32 Å². The van der Waals surface area contributed by atoms with Crippen molar-refractivity contribution in [3.05, 3.63) is 80.3 Å². The molecule has 2 aromatic rings. The van der Waals surface area contributed by atoms with Crippen molar-refractivity contribution in [2.45, 2.75) is 45.2 Å². The number of sulfone groups is 1. The lowest BCUT2D eigenvalue weighted by molar-refractivity contribution is -0.129. The van der Waals surface area contributed by atoms with Crippen LogP contribution in [0.15, 0.2) is 56.6 Å². The minimum atomic E-state index is -4.36. The summed E-state index contributed by atoms with van der Waals surface area (Å²) in [7, 11) is -4.36. The summed E-state index contributed by atoms with van der Waals surface area (Å²) in [5.74, 6) is -2.37. The molecule has 2 aromatic carbocycles. The van der Waals surface area contributed by atoms with E-state index in [2.05, 4.69) is 11.4 Å². The van der Waals surface area contributed by atoms with Crippen molar-refractivity contribution in [2.24, 2.45) is 11.1 Å². The highest BCUT2D eigenvalue weighted by atomic mass is 35.5. The Morgan fingerprint density at radius 3 is 2.56 bits per heavy atom. The number of nitrogens with zero attached hydrogens (tertiary/aromatic N) is 1. The van der Waals surface area contributed by atoms with Crippen molar-refractivity contribution in [3.8, 4) is 0 Å². The van der Waals surface area contributed by atoms with E-state index in [1.807, 2.05) is 20.8 Å². The van der Waals surface area contributed by atoms with E-state index in [1.54, 1.807) is 13.0 Å². The summed E-state index contributed by atoms with van der Waals surface area (Å²) in [4.78, 5) is 26.7. The second-order valence-corrected chi connectivity index (χ2v) is 12.3. The van der Waals surface area contributed by atoms with Gasteiger partial charge in [0.2, 0.25) is 9.84 Å². The molecule has 0 aromatic heterocycles. The van der Waals surface area contributed by atoms with Gasteiger partial charge < -0.3 is 21.1 Å². The first-order valence-corrected chi connectivity index (χ1v) is 12.8. The molecule has 1 atom stereocenters. The molecule has 0 saturated heterocycles. The Morgan fingerprint density at radius 1 is 1.31 bits per heavy atom. The fourth-order valence-electron chi connectivity index (χ4n) is 4.51. The van der Waals surface area contributed by atoms with Crippen molar-refractivity contribution in [3.63, 3.8) is 0 Å². The summed E-state index contributed by atoms with van der Waals surface area (Å²) < 4.78 is 39.5. The Hall–Kier alpha value is -3.37. The SMILES string of the molecule is Cc1cc(CN2C(=O)C(C3=C(Cl)S(=O)(=O)c4c[c]cc(C(N)=O)c4N3)=C(O)[C@@H]2C(C)(C)C)ccc1F. The lowest BCUT2D eigenvalue weighted by Crippen LogP contribution is -2.43. The number of anilines is 1. The fraction of sp³-hybridized carbons (Fsp3) is 0.280. The number of aliphatic hydroxyl groups is 1. The zero-order valence-electron chi connectivity index (χ0n) is 19.9. The van der Waals surface area contributed by atoms with Gasteiger partial charge in [-0.25, -0.2) is 12.8 Å². The number of hydrogen-bond acceptors (Lipinski definition) is 6. The van der Waals surface area contributed by atoms with Crippen LogP contribution in [0.5, 0.6) is 0 Å². The predicted octanol–water partition coefficient (Wildman–Crippen LogP) is 3.91. The van der Waals surface area contributed by atoms with Crippen molar-refractivity contribution in [1.82, 2.24) is 4.90 Å². The Kier molecular flexibility index (Phi) is 6.17. The van der Waals surface area contributed by atoms with Crippen LogP contribution in [0.2, 0.25) is 0 Å². The lowest BCUT2D eigenvalue weighted by atomic mass is 9.85. The smallest absolute Gasteiger partial charge is 0.260 e. The van der Waals surface area contributed by atoms with Crippen LogP contribution in [0, 0.1) is 24.2 Å². The summed E-state index contributed by atoms with van der Waals surface area (Å²) >= 11 is 6.29. The molecule has 2 aliphatic heterocycles. The van der Waals surface area contributed by atoms with Crippen LogP contribution in [0.4, 0.5) is 10.1 Å². The third-order valence-corrected chi connectivity index (χ3v) is 8.52. The van der Waals surface area contributed by atoms with Crippen LogP contribution in [0.1, 0.15) is 42.3 Å². The molecule has 0 bridgehead atoms. The molecule has 1 radical (unpaired) electrons. The van der Waals surface area contributed by atoms with E-state index in [0.29, 0.717) is 11.1 Å². The zero-order valence-corrected chi connectivity index (χ0v) is 21.5. The Morgan fingerprint density at radius 2 is 1.97 bits per heavy atom. The number of aryl methyl sites for hydroxylation is 1. The van der Waals surface area contributed by atoms with Crippen molar-refractivity contribution in [1.29, 1.82) is 0 Å². The van der Waals surface area contributed by atoms with Crippen molar-refractivity contribution < 1.29 is 27.5 Å². The van der Waals surface area contributed by atoms with Gasteiger partial charge in [-0.1, -0.05) is 44.5 Å². The maximum absolute atomic E-state index is 13.8. The number of nitrogens with one attached hydrogen (secondary N) is 1. The predicted molar refractivity (Wildman–Crippen MR) is 132 cm³/mol. The molecule has 0 aliphatic carbocycles. The lowest BCUT2D eigenvalue weighted by Gasteiger charge is -2.35. The maximum atomic E-state index is 13.8. The molecule has 4 N–H and O–H groups in total. The minimum Gasteiger partial charge on any atom is -0.509 e. The molecule has 2 amide bonds. The Labute approximate surface area is 213 Å². The average Bonchev–Trinajstić information content (AvgIpc) is 3.02. The highest BCUT2D eigenvalue weighted by Gasteiger charge is 2.49. The molecule has 0 spiro atoms. The number of primary amides is 1. The Bertz CT molecular complexity index is 1490. The molecule has 189 valence electrons. The third kappa shape index (κ3) is 4.04. The van der Waals surface area contributed by atoms with Gasteiger partial charge in [0.25, 0.3) is 11.8 Å². The standard InChI is InChI=1S/C25H24ClFN3O5S/c1-12-10-13(8-9-15(12)27)11-30-21(25(2,3)4)20(31)17(24(30)33)19-22(26)36(34,35)16-7-5-6-14(23(28)32)18(16)29-19/h6-10,21,29,31H,11H2,1-4H3,(H2,28,32)/t21-/m1/s1. The molecule has 2 aliphatic rings. The monoisotopic (exact) mass is 532 g/mol. The molecule has 0 saturated carbocycles. The van der Waals surface area contributed by atoms with Gasteiger partial charge in [0.15, 0.2) is 4.36 Å².